The first-order chi connectivity index (χ1) is 17.0. The van der Waals surface area contributed by atoms with E-state index in [0.717, 1.165) is 11.1 Å². The van der Waals surface area contributed by atoms with Crippen LogP contribution in [0.25, 0.3) is 0 Å². The molecule has 0 aromatic heterocycles. The maximum atomic E-state index is 13.8. The van der Waals surface area contributed by atoms with E-state index < -0.39 is 12.0 Å². The number of ether oxygens (including phenoxy) is 2. The average molecular weight is 475 g/mol. The van der Waals surface area contributed by atoms with Gasteiger partial charge >= 0.3 is 0 Å². The number of halogens is 1. The van der Waals surface area contributed by atoms with Crippen LogP contribution in [0.15, 0.2) is 60.7 Å². The molecule has 5 rings (SSSR count). The summed E-state index contributed by atoms with van der Waals surface area (Å²) >= 11 is 0. The number of hydrogen-bond donors (Lipinski definition) is 1. The number of rotatable bonds is 6. The smallest absolute Gasteiger partial charge is 0.254 e. The predicted octanol–water partition coefficient (Wildman–Crippen LogP) is 5.10. The molecule has 0 saturated heterocycles. The zero-order valence-corrected chi connectivity index (χ0v) is 19.7. The van der Waals surface area contributed by atoms with Crippen LogP contribution in [-0.4, -0.2) is 36.5 Å². The van der Waals surface area contributed by atoms with E-state index in [-0.39, 0.29) is 17.6 Å². The fourth-order valence-corrected chi connectivity index (χ4v) is 5.11. The lowest BCUT2D eigenvalue weighted by atomic mass is 9.75. The number of nitrogens with one attached hydrogen (secondary N) is 1. The van der Waals surface area contributed by atoms with Gasteiger partial charge in [0.15, 0.2) is 11.5 Å². The first kappa shape index (κ1) is 22.9. The number of hydrogen-bond acceptors (Lipinski definition) is 4. The second-order valence-electron chi connectivity index (χ2n) is 8.62. The van der Waals surface area contributed by atoms with Crippen molar-refractivity contribution in [3.63, 3.8) is 0 Å². The highest BCUT2D eigenvalue weighted by Crippen LogP contribution is 2.48. The van der Waals surface area contributed by atoms with Gasteiger partial charge in [0.1, 0.15) is 5.82 Å². The number of carbonyl (C=O) groups is 2. The highest BCUT2D eigenvalue weighted by atomic mass is 19.1. The quantitative estimate of drug-likeness (QED) is 0.540. The van der Waals surface area contributed by atoms with Gasteiger partial charge < -0.3 is 19.7 Å². The summed E-state index contributed by atoms with van der Waals surface area (Å²) in [4.78, 5) is 29.1. The summed E-state index contributed by atoms with van der Waals surface area (Å²) in [6, 6.07) is 16.3. The average Bonchev–Trinajstić information content (AvgIpc) is 2.86. The summed E-state index contributed by atoms with van der Waals surface area (Å²) in [5, 5.41) is 2.93. The molecule has 6 nitrogen and oxygen atoms in total. The van der Waals surface area contributed by atoms with Gasteiger partial charge in [-0.2, -0.15) is 0 Å². The van der Waals surface area contributed by atoms with E-state index in [4.69, 9.17) is 9.47 Å². The maximum absolute atomic E-state index is 13.8. The van der Waals surface area contributed by atoms with Crippen LogP contribution >= 0.6 is 0 Å². The zero-order valence-electron chi connectivity index (χ0n) is 19.7. The number of carbonyl (C=O) groups excluding carboxylic acids is 2. The SMILES string of the molecule is CCOc1cc2c(cc1OCC)[C@@H]1[C@H](C(=O)Nc3ccc(F)cc3)c3ccccc3C(=O)N1CC2. The lowest BCUT2D eigenvalue weighted by molar-refractivity contribution is -0.119. The molecule has 2 amide bonds. The molecule has 0 fully saturated rings. The molecule has 2 aliphatic rings. The lowest BCUT2D eigenvalue weighted by Gasteiger charge is -2.45. The summed E-state index contributed by atoms with van der Waals surface area (Å²) in [6.45, 7) is 5.28. The van der Waals surface area contributed by atoms with E-state index in [0.29, 0.717) is 54.5 Å². The minimum Gasteiger partial charge on any atom is -0.490 e. The van der Waals surface area contributed by atoms with Crippen molar-refractivity contribution in [2.75, 3.05) is 25.1 Å². The Bertz CT molecular complexity index is 1270. The molecule has 35 heavy (non-hydrogen) atoms. The minimum absolute atomic E-state index is 0.0890. The molecule has 1 N–H and O–H groups in total. The van der Waals surface area contributed by atoms with Crippen LogP contribution in [0.4, 0.5) is 10.1 Å². The monoisotopic (exact) mass is 474 g/mol. The van der Waals surface area contributed by atoms with Crippen LogP contribution in [0.2, 0.25) is 0 Å². The van der Waals surface area contributed by atoms with Crippen LogP contribution in [0.5, 0.6) is 11.5 Å². The van der Waals surface area contributed by atoms with E-state index >= 15 is 0 Å². The fraction of sp³-hybridized carbons (Fsp3) is 0.286. The lowest BCUT2D eigenvalue weighted by Crippen LogP contribution is -2.49. The van der Waals surface area contributed by atoms with Gasteiger partial charge in [-0.3, -0.25) is 9.59 Å². The highest BCUT2D eigenvalue weighted by molar-refractivity contribution is 6.04. The molecule has 0 bridgehead atoms. The highest BCUT2D eigenvalue weighted by Gasteiger charge is 2.46. The number of fused-ring (bicyclic) bond motifs is 4. The fourth-order valence-electron chi connectivity index (χ4n) is 5.11. The Labute approximate surface area is 203 Å². The van der Waals surface area contributed by atoms with Gasteiger partial charge in [-0.1, -0.05) is 18.2 Å². The molecular weight excluding hydrogens is 447 g/mol. The van der Waals surface area contributed by atoms with Crippen molar-refractivity contribution in [3.8, 4) is 11.5 Å². The molecule has 180 valence electrons. The van der Waals surface area contributed by atoms with Crippen molar-refractivity contribution < 1.29 is 23.5 Å². The Kier molecular flexibility index (Phi) is 6.16. The van der Waals surface area contributed by atoms with Crippen molar-refractivity contribution in [1.82, 2.24) is 4.90 Å². The van der Waals surface area contributed by atoms with Gasteiger partial charge in [-0.05, 0) is 79.4 Å². The Morgan fingerprint density at radius 3 is 2.40 bits per heavy atom. The number of nitrogens with zero attached hydrogens (tertiary/aromatic N) is 1. The van der Waals surface area contributed by atoms with Crippen molar-refractivity contribution in [1.29, 1.82) is 0 Å². The van der Waals surface area contributed by atoms with Crippen LogP contribution in [0.1, 0.15) is 52.9 Å². The first-order valence-electron chi connectivity index (χ1n) is 11.9. The molecule has 3 aromatic carbocycles. The van der Waals surface area contributed by atoms with Gasteiger partial charge in [-0.25, -0.2) is 4.39 Å². The Balaban J connectivity index is 1.63. The van der Waals surface area contributed by atoms with Crippen LogP contribution in [0.3, 0.4) is 0 Å². The van der Waals surface area contributed by atoms with E-state index in [2.05, 4.69) is 5.32 Å². The van der Waals surface area contributed by atoms with Crippen LogP contribution in [0, 0.1) is 5.82 Å². The molecule has 3 aromatic rings. The molecule has 0 radical (unpaired) electrons. The molecule has 0 unspecified atom stereocenters. The third-order valence-corrected chi connectivity index (χ3v) is 6.58. The number of anilines is 1. The molecule has 0 saturated carbocycles. The van der Waals surface area contributed by atoms with Gasteiger partial charge in [0.2, 0.25) is 5.91 Å². The first-order valence-corrected chi connectivity index (χ1v) is 11.9. The summed E-state index contributed by atoms with van der Waals surface area (Å²) in [7, 11) is 0. The topological polar surface area (TPSA) is 67.9 Å². The Morgan fingerprint density at radius 1 is 1.00 bits per heavy atom. The second kappa shape index (κ2) is 9.41. The molecule has 2 aliphatic heterocycles. The van der Waals surface area contributed by atoms with Crippen molar-refractivity contribution in [2.45, 2.75) is 32.2 Å². The van der Waals surface area contributed by atoms with Gasteiger partial charge in [0.05, 0.1) is 25.2 Å². The summed E-state index contributed by atoms with van der Waals surface area (Å²) in [5.74, 6) is -0.117. The van der Waals surface area contributed by atoms with Crippen LogP contribution < -0.4 is 14.8 Å². The molecule has 7 heteroatoms. The van der Waals surface area contributed by atoms with E-state index in [1.165, 1.54) is 24.3 Å². The number of amides is 2. The van der Waals surface area contributed by atoms with Gasteiger partial charge in [0.25, 0.3) is 5.91 Å². The van der Waals surface area contributed by atoms with Gasteiger partial charge in [0, 0.05) is 17.8 Å². The zero-order chi connectivity index (χ0) is 24.5. The Morgan fingerprint density at radius 2 is 1.69 bits per heavy atom. The molecule has 2 heterocycles. The van der Waals surface area contributed by atoms with Crippen molar-refractivity contribution in [2.24, 2.45) is 0 Å². The maximum Gasteiger partial charge on any atom is 0.254 e. The van der Waals surface area contributed by atoms with Gasteiger partial charge in [-0.15, -0.1) is 0 Å². The summed E-state index contributed by atoms with van der Waals surface area (Å²) in [5.41, 5.74) is 3.62. The van der Waals surface area contributed by atoms with E-state index in [1.807, 2.05) is 44.2 Å². The normalized spacial score (nSPS) is 18.3. The second-order valence-corrected chi connectivity index (χ2v) is 8.62. The third kappa shape index (κ3) is 4.11. The third-order valence-electron chi connectivity index (χ3n) is 6.58. The molecule has 2 atom stereocenters. The number of benzene rings is 3. The molecule has 0 spiro atoms. The largest absolute Gasteiger partial charge is 0.490 e. The summed E-state index contributed by atoms with van der Waals surface area (Å²) in [6.07, 6.45) is 0.651. The molecular formula is C28H27FN2O4. The minimum atomic E-state index is -0.652. The van der Waals surface area contributed by atoms with E-state index in [9.17, 15) is 14.0 Å². The van der Waals surface area contributed by atoms with Crippen molar-refractivity contribution >= 4 is 17.5 Å². The molecule has 0 aliphatic carbocycles. The predicted molar refractivity (Wildman–Crippen MR) is 130 cm³/mol. The summed E-state index contributed by atoms with van der Waals surface area (Å²) < 4.78 is 25.1. The van der Waals surface area contributed by atoms with Crippen LogP contribution in [-0.2, 0) is 11.2 Å². The Hall–Kier alpha value is -3.87. The van der Waals surface area contributed by atoms with E-state index in [1.54, 1.807) is 11.0 Å². The van der Waals surface area contributed by atoms with Crippen molar-refractivity contribution in [3.05, 3.63) is 88.7 Å². The standard InChI is InChI=1S/C28H27FN2O4/c1-3-34-23-15-17-13-14-31-26(22(17)16-24(23)35-4-2)25(20-7-5-6-8-21(20)28(31)33)27(32)30-19-11-9-18(29)10-12-19/h5-12,15-16,25-26H,3-4,13-14H2,1-2H3,(H,30,32)/t25-,26-/m1/s1.